The molecule has 1 aromatic carbocycles. The van der Waals surface area contributed by atoms with E-state index in [2.05, 4.69) is 5.32 Å². The summed E-state index contributed by atoms with van der Waals surface area (Å²) >= 11 is 0. The van der Waals surface area contributed by atoms with Crippen LogP contribution >= 0.6 is 0 Å². The van der Waals surface area contributed by atoms with Crippen molar-refractivity contribution in [3.05, 3.63) is 35.4 Å². The summed E-state index contributed by atoms with van der Waals surface area (Å²) in [4.78, 5) is 0. The van der Waals surface area contributed by atoms with Gasteiger partial charge in [0.15, 0.2) is 0 Å². The number of alkyl halides is 3. The Kier molecular flexibility index (Phi) is 4.41. The predicted octanol–water partition coefficient (Wildman–Crippen LogP) is 2.36. The molecule has 4 nitrogen and oxygen atoms in total. The Hall–Kier alpha value is -1.12. The molecule has 2 saturated heterocycles. The van der Waals surface area contributed by atoms with Gasteiger partial charge in [0.2, 0.25) is 10.0 Å². The molecule has 2 fully saturated rings. The van der Waals surface area contributed by atoms with E-state index in [0.717, 1.165) is 37.9 Å². The average Bonchev–Trinajstić information content (AvgIpc) is 2.72. The minimum absolute atomic E-state index is 0.0363. The van der Waals surface area contributed by atoms with Crippen molar-refractivity contribution in [1.82, 2.24) is 9.62 Å². The van der Waals surface area contributed by atoms with Gasteiger partial charge >= 0.3 is 6.18 Å². The number of nitrogens with one attached hydrogen (secondary N) is 1. The molecule has 0 aromatic heterocycles. The van der Waals surface area contributed by atoms with E-state index in [1.165, 1.54) is 16.4 Å². The summed E-state index contributed by atoms with van der Waals surface area (Å²) in [5, 5.41) is 3.22. The molecular formula is C15H19F3N2O2S. The zero-order valence-electron chi connectivity index (χ0n) is 12.5. The second-order valence-corrected chi connectivity index (χ2v) is 8.04. The van der Waals surface area contributed by atoms with E-state index in [9.17, 15) is 21.6 Å². The first-order valence-corrected chi connectivity index (χ1v) is 9.26. The molecule has 2 atom stereocenters. The van der Waals surface area contributed by atoms with Crippen LogP contribution < -0.4 is 5.32 Å². The van der Waals surface area contributed by atoms with Crippen molar-refractivity contribution in [1.29, 1.82) is 0 Å². The molecule has 2 unspecified atom stereocenters. The van der Waals surface area contributed by atoms with Crippen LogP contribution in [0.5, 0.6) is 0 Å². The van der Waals surface area contributed by atoms with E-state index >= 15 is 0 Å². The van der Waals surface area contributed by atoms with E-state index in [4.69, 9.17) is 0 Å². The standard InChI is InChI=1S/C15H19F3N2O2S/c16-15(17,18)12-3-1-2-11(8-12)10-23(21,22)20-13-4-5-14(20)9-19-7-6-13/h1-3,8,13-14,19H,4-7,9-10H2. The van der Waals surface area contributed by atoms with Crippen LogP contribution in [0.25, 0.3) is 0 Å². The maximum atomic E-state index is 12.8. The van der Waals surface area contributed by atoms with Gasteiger partial charge in [0.25, 0.3) is 0 Å². The summed E-state index contributed by atoms with van der Waals surface area (Å²) in [5.41, 5.74) is -0.637. The normalized spacial score (nSPS) is 26.2. The molecule has 2 heterocycles. The molecule has 1 aromatic rings. The second-order valence-electron chi connectivity index (χ2n) is 6.16. The fourth-order valence-electron chi connectivity index (χ4n) is 3.52. The summed E-state index contributed by atoms with van der Waals surface area (Å²) in [6.07, 6.45) is -2.09. The van der Waals surface area contributed by atoms with Crippen molar-refractivity contribution >= 4 is 10.0 Å². The number of hydrogen-bond donors (Lipinski definition) is 1. The minimum Gasteiger partial charge on any atom is -0.315 e. The molecule has 8 heteroatoms. The molecule has 0 radical (unpaired) electrons. The molecule has 0 spiro atoms. The third-order valence-electron chi connectivity index (χ3n) is 4.51. The lowest BCUT2D eigenvalue weighted by molar-refractivity contribution is -0.137. The third kappa shape index (κ3) is 3.54. The highest BCUT2D eigenvalue weighted by atomic mass is 32.2. The van der Waals surface area contributed by atoms with Crippen molar-refractivity contribution in [2.45, 2.75) is 43.3 Å². The minimum atomic E-state index is -4.47. The number of halogens is 3. The van der Waals surface area contributed by atoms with Gasteiger partial charge in [0.05, 0.1) is 11.3 Å². The zero-order valence-corrected chi connectivity index (χ0v) is 13.3. The van der Waals surface area contributed by atoms with E-state index in [1.807, 2.05) is 0 Å². The molecule has 3 rings (SSSR count). The summed E-state index contributed by atoms with van der Waals surface area (Å²) in [6.45, 7) is 1.38. The van der Waals surface area contributed by atoms with Crippen molar-refractivity contribution in [3.8, 4) is 0 Å². The van der Waals surface area contributed by atoms with E-state index in [1.54, 1.807) is 0 Å². The number of hydrogen-bond acceptors (Lipinski definition) is 3. The first kappa shape index (κ1) is 16.7. The van der Waals surface area contributed by atoms with Crippen LogP contribution in [-0.2, 0) is 22.0 Å². The van der Waals surface area contributed by atoms with E-state index < -0.39 is 21.8 Å². The lowest BCUT2D eigenvalue weighted by Gasteiger charge is -2.27. The van der Waals surface area contributed by atoms with Gasteiger partial charge in [-0.05, 0) is 37.4 Å². The summed E-state index contributed by atoms with van der Waals surface area (Å²) in [6, 6.07) is 4.45. The Labute approximate surface area is 133 Å². The number of rotatable bonds is 3. The quantitative estimate of drug-likeness (QED) is 0.912. The van der Waals surface area contributed by atoms with Gasteiger partial charge in [-0.1, -0.05) is 18.2 Å². The maximum absolute atomic E-state index is 12.8. The van der Waals surface area contributed by atoms with Crippen LogP contribution in [0.4, 0.5) is 13.2 Å². The first-order valence-electron chi connectivity index (χ1n) is 7.65. The predicted molar refractivity (Wildman–Crippen MR) is 80.2 cm³/mol. The highest BCUT2D eigenvalue weighted by Crippen LogP contribution is 2.33. The zero-order chi connectivity index (χ0) is 16.7. The molecule has 2 bridgehead atoms. The topological polar surface area (TPSA) is 49.4 Å². The van der Waals surface area contributed by atoms with Gasteiger partial charge in [-0.3, -0.25) is 0 Å². The Bertz CT molecular complexity index is 662. The first-order chi connectivity index (χ1) is 10.8. The van der Waals surface area contributed by atoms with Gasteiger partial charge in [-0.15, -0.1) is 0 Å². The molecule has 0 aliphatic carbocycles. The smallest absolute Gasteiger partial charge is 0.315 e. The van der Waals surface area contributed by atoms with Crippen LogP contribution in [0.3, 0.4) is 0 Å². The Morgan fingerprint density at radius 1 is 1.17 bits per heavy atom. The van der Waals surface area contributed by atoms with Crippen LogP contribution in [0, 0.1) is 0 Å². The van der Waals surface area contributed by atoms with Gasteiger partial charge in [0, 0.05) is 18.6 Å². The highest BCUT2D eigenvalue weighted by Gasteiger charge is 2.42. The van der Waals surface area contributed by atoms with Gasteiger partial charge in [-0.25, -0.2) is 8.42 Å². The van der Waals surface area contributed by atoms with E-state index in [0.29, 0.717) is 6.54 Å². The summed E-state index contributed by atoms with van der Waals surface area (Å²) < 4.78 is 65.4. The Morgan fingerprint density at radius 2 is 1.91 bits per heavy atom. The van der Waals surface area contributed by atoms with Crippen LogP contribution in [0.15, 0.2) is 24.3 Å². The maximum Gasteiger partial charge on any atom is 0.416 e. The third-order valence-corrected chi connectivity index (χ3v) is 6.45. The largest absolute Gasteiger partial charge is 0.416 e. The summed E-state index contributed by atoms with van der Waals surface area (Å²) in [5.74, 6) is -0.385. The molecule has 0 saturated carbocycles. The van der Waals surface area contributed by atoms with Gasteiger partial charge < -0.3 is 5.32 Å². The molecule has 2 aliphatic rings. The molecule has 23 heavy (non-hydrogen) atoms. The van der Waals surface area contributed by atoms with Gasteiger partial charge in [0.1, 0.15) is 0 Å². The number of fused-ring (bicyclic) bond motifs is 2. The van der Waals surface area contributed by atoms with Gasteiger partial charge in [-0.2, -0.15) is 17.5 Å². The summed E-state index contributed by atoms with van der Waals surface area (Å²) in [7, 11) is -3.63. The fourth-order valence-corrected chi connectivity index (χ4v) is 5.56. The fraction of sp³-hybridized carbons (Fsp3) is 0.600. The van der Waals surface area contributed by atoms with Crippen molar-refractivity contribution in [3.63, 3.8) is 0 Å². The number of nitrogens with zero attached hydrogens (tertiary/aromatic N) is 1. The molecular weight excluding hydrogens is 329 g/mol. The van der Waals surface area contributed by atoms with Crippen LogP contribution in [0.2, 0.25) is 0 Å². The molecule has 128 valence electrons. The van der Waals surface area contributed by atoms with Crippen LogP contribution in [0.1, 0.15) is 30.4 Å². The molecule has 2 aliphatic heterocycles. The second kappa shape index (κ2) is 6.07. The van der Waals surface area contributed by atoms with Crippen molar-refractivity contribution < 1.29 is 21.6 Å². The molecule has 0 amide bonds. The average molecular weight is 348 g/mol. The Balaban J connectivity index is 1.84. The van der Waals surface area contributed by atoms with Crippen LogP contribution in [-0.4, -0.2) is 37.9 Å². The monoisotopic (exact) mass is 348 g/mol. The van der Waals surface area contributed by atoms with Crippen molar-refractivity contribution in [2.24, 2.45) is 0 Å². The number of sulfonamides is 1. The number of benzene rings is 1. The van der Waals surface area contributed by atoms with Crippen molar-refractivity contribution in [2.75, 3.05) is 13.1 Å². The SMILES string of the molecule is O=S(=O)(Cc1cccc(C(F)(F)F)c1)N1C2CCNCC1CC2. The highest BCUT2D eigenvalue weighted by molar-refractivity contribution is 7.88. The lowest BCUT2D eigenvalue weighted by atomic mass is 10.1. The van der Waals surface area contributed by atoms with E-state index in [-0.39, 0.29) is 23.4 Å². The lowest BCUT2D eigenvalue weighted by Crippen LogP contribution is -2.43. The molecule has 1 N–H and O–H groups in total. The Morgan fingerprint density at radius 3 is 2.65 bits per heavy atom.